The van der Waals surface area contributed by atoms with Gasteiger partial charge >= 0.3 is 5.97 Å². The summed E-state index contributed by atoms with van der Waals surface area (Å²) in [6, 6.07) is 2.07. The van der Waals surface area contributed by atoms with E-state index in [1.165, 1.54) is 0 Å². The summed E-state index contributed by atoms with van der Waals surface area (Å²) in [6.07, 6.45) is 3.65. The third kappa shape index (κ3) is 2.86. The molecule has 0 radical (unpaired) electrons. The zero-order valence-corrected chi connectivity index (χ0v) is 13.2. The maximum absolute atomic E-state index is 11.6. The molecule has 2 rings (SSSR count). The quantitative estimate of drug-likeness (QED) is 0.787. The first-order chi connectivity index (χ1) is 9.49. The SMILES string of the molecule is CNC1(C(=O)O)CCCC1CCSc1cc(C)nn1C. The molecule has 20 heavy (non-hydrogen) atoms. The Bertz CT molecular complexity index is 489. The number of aromatic nitrogens is 2. The number of thioether (sulfide) groups is 1. The largest absolute Gasteiger partial charge is 0.480 e. The molecule has 5 nitrogen and oxygen atoms in total. The van der Waals surface area contributed by atoms with Crippen LogP contribution in [0.4, 0.5) is 0 Å². The number of likely N-dealkylation sites (N-methyl/N-ethyl adjacent to an activating group) is 1. The number of aliphatic carboxylic acids is 1. The van der Waals surface area contributed by atoms with Crippen molar-refractivity contribution in [2.24, 2.45) is 13.0 Å². The lowest BCUT2D eigenvalue weighted by Gasteiger charge is -2.30. The standard InChI is InChI=1S/C14H23N3O2S/c1-10-9-12(17(3)16-10)20-8-6-11-5-4-7-14(11,15-2)13(18)19/h9,11,15H,4-8H2,1-3H3,(H,18,19). The van der Waals surface area contributed by atoms with Crippen LogP contribution in [0.25, 0.3) is 0 Å². The highest BCUT2D eigenvalue weighted by Crippen LogP contribution is 2.39. The molecule has 2 N–H and O–H groups in total. The average molecular weight is 297 g/mol. The van der Waals surface area contributed by atoms with Crippen LogP contribution in [-0.4, -0.2) is 39.2 Å². The minimum absolute atomic E-state index is 0.215. The minimum Gasteiger partial charge on any atom is -0.480 e. The molecule has 0 saturated heterocycles. The first-order valence-electron chi connectivity index (χ1n) is 7.05. The van der Waals surface area contributed by atoms with Crippen LogP contribution in [0.5, 0.6) is 0 Å². The van der Waals surface area contributed by atoms with Crippen LogP contribution in [0, 0.1) is 12.8 Å². The van der Waals surface area contributed by atoms with E-state index in [4.69, 9.17) is 0 Å². The van der Waals surface area contributed by atoms with E-state index >= 15 is 0 Å². The second-order valence-electron chi connectivity index (χ2n) is 5.50. The Balaban J connectivity index is 1.93. The number of hydrogen-bond donors (Lipinski definition) is 2. The number of nitrogens with one attached hydrogen (secondary N) is 1. The molecule has 1 aromatic rings. The fourth-order valence-electron chi connectivity index (χ4n) is 3.21. The van der Waals surface area contributed by atoms with Crippen LogP contribution in [0.3, 0.4) is 0 Å². The van der Waals surface area contributed by atoms with E-state index in [0.29, 0.717) is 0 Å². The molecular weight excluding hydrogens is 274 g/mol. The smallest absolute Gasteiger partial charge is 0.324 e. The summed E-state index contributed by atoms with van der Waals surface area (Å²) in [5, 5.41) is 18.0. The molecule has 0 aliphatic heterocycles. The van der Waals surface area contributed by atoms with Gasteiger partial charge in [0, 0.05) is 7.05 Å². The Morgan fingerprint density at radius 3 is 3.00 bits per heavy atom. The van der Waals surface area contributed by atoms with Crippen molar-refractivity contribution < 1.29 is 9.90 Å². The molecule has 0 aromatic carbocycles. The average Bonchev–Trinajstić information content (AvgIpc) is 2.94. The Labute approximate surface area is 124 Å². The van der Waals surface area contributed by atoms with E-state index < -0.39 is 11.5 Å². The van der Waals surface area contributed by atoms with Crippen molar-refractivity contribution in [3.8, 4) is 0 Å². The minimum atomic E-state index is -0.719. The monoisotopic (exact) mass is 297 g/mol. The van der Waals surface area contributed by atoms with Gasteiger partial charge in [0.25, 0.3) is 0 Å². The Kier molecular flexibility index (Phi) is 4.75. The summed E-state index contributed by atoms with van der Waals surface area (Å²) < 4.78 is 1.89. The molecule has 1 aliphatic carbocycles. The molecule has 1 aromatic heterocycles. The van der Waals surface area contributed by atoms with Crippen LogP contribution >= 0.6 is 11.8 Å². The highest BCUT2D eigenvalue weighted by atomic mass is 32.2. The molecule has 0 bridgehead atoms. The van der Waals surface area contributed by atoms with Crippen molar-refractivity contribution >= 4 is 17.7 Å². The summed E-state index contributed by atoms with van der Waals surface area (Å²) in [6.45, 7) is 1.98. The fourth-order valence-corrected chi connectivity index (χ4v) is 4.31. The number of carbonyl (C=O) groups is 1. The van der Waals surface area contributed by atoms with Gasteiger partial charge < -0.3 is 10.4 Å². The lowest BCUT2D eigenvalue weighted by molar-refractivity contribution is -0.146. The molecule has 1 fully saturated rings. The van der Waals surface area contributed by atoms with Gasteiger partial charge in [0.2, 0.25) is 0 Å². The van der Waals surface area contributed by atoms with Gasteiger partial charge in [-0.05, 0) is 51.0 Å². The topological polar surface area (TPSA) is 67.2 Å². The summed E-state index contributed by atoms with van der Waals surface area (Å²) in [5.74, 6) is 0.441. The van der Waals surface area contributed by atoms with Crippen molar-refractivity contribution in [1.82, 2.24) is 15.1 Å². The van der Waals surface area contributed by atoms with Crippen LogP contribution in [-0.2, 0) is 11.8 Å². The van der Waals surface area contributed by atoms with Crippen molar-refractivity contribution in [3.63, 3.8) is 0 Å². The van der Waals surface area contributed by atoms with E-state index in [1.54, 1.807) is 18.8 Å². The maximum atomic E-state index is 11.6. The first-order valence-corrected chi connectivity index (χ1v) is 8.04. The van der Waals surface area contributed by atoms with Crippen molar-refractivity contribution in [3.05, 3.63) is 11.8 Å². The van der Waals surface area contributed by atoms with Gasteiger partial charge in [-0.25, -0.2) is 0 Å². The van der Waals surface area contributed by atoms with Crippen molar-refractivity contribution in [1.29, 1.82) is 0 Å². The van der Waals surface area contributed by atoms with E-state index in [2.05, 4.69) is 16.5 Å². The molecule has 0 spiro atoms. The van der Waals surface area contributed by atoms with Crippen LogP contribution < -0.4 is 5.32 Å². The van der Waals surface area contributed by atoms with Crippen LogP contribution in [0.2, 0.25) is 0 Å². The highest BCUT2D eigenvalue weighted by Gasteiger charge is 2.47. The molecule has 1 saturated carbocycles. The number of aryl methyl sites for hydroxylation is 2. The number of carboxylic acids is 1. The number of hydrogen-bond acceptors (Lipinski definition) is 4. The summed E-state index contributed by atoms with van der Waals surface area (Å²) in [5.41, 5.74) is 0.300. The number of nitrogens with zero attached hydrogens (tertiary/aromatic N) is 2. The normalized spacial score (nSPS) is 26.1. The molecule has 1 heterocycles. The summed E-state index contributed by atoms with van der Waals surface area (Å²) in [4.78, 5) is 11.6. The third-order valence-electron chi connectivity index (χ3n) is 4.32. The fraction of sp³-hybridized carbons (Fsp3) is 0.714. The third-order valence-corrected chi connectivity index (χ3v) is 5.44. The number of carboxylic acid groups (broad SMARTS) is 1. The maximum Gasteiger partial charge on any atom is 0.324 e. The van der Waals surface area contributed by atoms with Gasteiger partial charge in [-0.15, -0.1) is 11.8 Å². The van der Waals surface area contributed by atoms with E-state index in [-0.39, 0.29) is 5.92 Å². The van der Waals surface area contributed by atoms with Gasteiger partial charge in [-0.2, -0.15) is 5.10 Å². The Morgan fingerprint density at radius 1 is 1.70 bits per heavy atom. The van der Waals surface area contributed by atoms with E-state index in [9.17, 15) is 9.90 Å². The molecular formula is C14H23N3O2S. The van der Waals surface area contributed by atoms with Gasteiger partial charge in [-0.1, -0.05) is 6.42 Å². The van der Waals surface area contributed by atoms with E-state index in [0.717, 1.165) is 42.2 Å². The van der Waals surface area contributed by atoms with Crippen molar-refractivity contribution in [2.75, 3.05) is 12.8 Å². The summed E-state index contributed by atoms with van der Waals surface area (Å²) in [7, 11) is 3.71. The second kappa shape index (κ2) is 6.18. The Hall–Kier alpha value is -1.01. The Morgan fingerprint density at radius 2 is 2.45 bits per heavy atom. The summed E-state index contributed by atoms with van der Waals surface area (Å²) >= 11 is 1.76. The predicted molar refractivity (Wildman–Crippen MR) is 80.1 cm³/mol. The molecule has 112 valence electrons. The van der Waals surface area contributed by atoms with Crippen molar-refractivity contribution in [2.45, 2.75) is 43.2 Å². The lowest BCUT2D eigenvalue weighted by Crippen LogP contribution is -2.53. The molecule has 6 heteroatoms. The lowest BCUT2D eigenvalue weighted by atomic mass is 9.85. The van der Waals surface area contributed by atoms with E-state index in [1.807, 2.05) is 18.7 Å². The first kappa shape index (κ1) is 15.4. The molecule has 0 amide bonds. The highest BCUT2D eigenvalue weighted by molar-refractivity contribution is 7.99. The van der Waals surface area contributed by atoms with Crippen LogP contribution in [0.1, 0.15) is 31.4 Å². The van der Waals surface area contributed by atoms with Crippen LogP contribution in [0.15, 0.2) is 11.1 Å². The van der Waals surface area contributed by atoms with Gasteiger partial charge in [0.05, 0.1) is 10.7 Å². The number of rotatable bonds is 6. The molecule has 2 unspecified atom stereocenters. The molecule has 2 atom stereocenters. The van der Waals surface area contributed by atoms with Gasteiger partial charge in [-0.3, -0.25) is 9.48 Å². The predicted octanol–water partition coefficient (Wildman–Crippen LogP) is 2.05. The van der Waals surface area contributed by atoms with Gasteiger partial charge in [0.15, 0.2) is 0 Å². The second-order valence-corrected chi connectivity index (χ2v) is 6.62. The van der Waals surface area contributed by atoms with Gasteiger partial charge in [0.1, 0.15) is 5.54 Å². The zero-order valence-electron chi connectivity index (χ0n) is 12.3. The zero-order chi connectivity index (χ0) is 14.8. The molecule has 1 aliphatic rings.